The number of nitrogens with zero attached hydrogens (tertiary/aromatic N) is 3. The molecule has 2 aromatic heterocycles. The van der Waals surface area contributed by atoms with Gasteiger partial charge in [-0.2, -0.15) is 0 Å². The van der Waals surface area contributed by atoms with Crippen LogP contribution in [0.15, 0.2) is 164 Å². The molecule has 0 fully saturated rings. The molecule has 0 saturated carbocycles. The predicted molar refractivity (Wildman–Crippen MR) is 264 cm³/mol. The van der Waals surface area contributed by atoms with Crippen molar-refractivity contribution in [1.29, 1.82) is 0 Å². The van der Waals surface area contributed by atoms with Crippen LogP contribution in [-0.2, 0) is 26.5 Å². The molecule has 9 rings (SSSR count). The Bertz CT molecular complexity index is 3590. The van der Waals surface area contributed by atoms with Crippen molar-refractivity contribution in [3.05, 3.63) is 192 Å². The SMILES string of the molecule is [2H]C([2H])([2H])c1cc(-c2c(C(C)C)cccc2C([2H])(C)C)ccc1-n1c(-c2ccccc2O)nc2c(-c3[c-]c(-c4cc(-c5ccc(C(C([2H])([2H])[2H])(C([2H])([2H])[2H])C([2H])([2H])[2H])cc5)ccn4)cc(-c4ccccc4)c3)cccc21.[Pt]. The van der Waals surface area contributed by atoms with Gasteiger partial charge in [-0.05, 0) is 111 Å². The summed E-state index contributed by atoms with van der Waals surface area (Å²) in [7, 11) is 0. The van der Waals surface area contributed by atoms with Crippen LogP contribution in [0.3, 0.4) is 0 Å². The van der Waals surface area contributed by atoms with E-state index in [9.17, 15) is 5.11 Å². The molecule has 0 radical (unpaired) electrons. The van der Waals surface area contributed by atoms with E-state index < -0.39 is 38.7 Å². The van der Waals surface area contributed by atoms with Gasteiger partial charge in [-0.15, -0.1) is 23.8 Å². The van der Waals surface area contributed by atoms with E-state index in [1.807, 2.05) is 105 Å². The number of phenols is 1. The molecular formula is C59H54N3OPt-. The van der Waals surface area contributed by atoms with Crippen molar-refractivity contribution in [3.63, 3.8) is 0 Å². The maximum absolute atomic E-state index is 11.5. The zero-order valence-electron chi connectivity index (χ0n) is 48.8. The first-order valence-corrected chi connectivity index (χ1v) is 20.9. The maximum atomic E-state index is 11.5. The van der Waals surface area contributed by atoms with Crippen LogP contribution in [0.2, 0.25) is 0 Å². The molecule has 0 unspecified atom stereocenters. The normalized spacial score (nSPS) is 15.6. The number of hydrogen-bond acceptors (Lipinski definition) is 3. The van der Waals surface area contributed by atoms with Gasteiger partial charge >= 0.3 is 0 Å². The number of imidazole rings is 1. The second kappa shape index (κ2) is 18.0. The van der Waals surface area contributed by atoms with E-state index in [0.717, 1.165) is 27.8 Å². The van der Waals surface area contributed by atoms with E-state index in [1.54, 1.807) is 53.2 Å². The summed E-state index contributed by atoms with van der Waals surface area (Å²) in [6, 6.07) is 50.0. The van der Waals surface area contributed by atoms with Crippen molar-refractivity contribution in [2.24, 2.45) is 0 Å². The van der Waals surface area contributed by atoms with Gasteiger partial charge in [-0.3, -0.25) is 9.55 Å². The summed E-state index contributed by atoms with van der Waals surface area (Å²) in [5.74, 6) is -0.695. The monoisotopic (exact) mass is 1030 g/mol. The van der Waals surface area contributed by atoms with Crippen LogP contribution >= 0.6 is 0 Å². The largest absolute Gasteiger partial charge is 0.507 e. The topological polar surface area (TPSA) is 50.9 Å². The molecule has 0 spiro atoms. The molecule has 0 amide bonds. The summed E-state index contributed by atoms with van der Waals surface area (Å²) >= 11 is 0. The van der Waals surface area contributed by atoms with Crippen molar-refractivity contribution in [1.82, 2.24) is 14.5 Å². The number of fused-ring (bicyclic) bond motifs is 1. The van der Waals surface area contributed by atoms with Crippen LogP contribution in [0, 0.1) is 12.9 Å². The van der Waals surface area contributed by atoms with E-state index in [2.05, 4.69) is 19.9 Å². The standard InChI is InChI=1S/C59H54N3O.Pt/c1-37(2)48-19-14-20-49(38(3)4)56(48)43-26-29-53(39(5)32-43)62-54-22-15-21-50(57(54)61-58(62)51-18-12-13-23-55(51)63)45-33-44(40-16-10-9-11-17-40)34-46(35-45)52-36-42(30-31-60-52)41-24-27-47(28-25-41)59(6,7)8;/h9-34,36-38,63H,1-8H3;/q-1;/i5D3,6D3,7D3,8D3,37D;. The number of para-hydroxylation sites is 2. The third-order valence-electron chi connectivity index (χ3n) is 11.6. The van der Waals surface area contributed by atoms with Crippen molar-refractivity contribution in [2.75, 3.05) is 0 Å². The predicted octanol–water partition coefficient (Wildman–Crippen LogP) is 15.8. The molecule has 1 N–H and O–H groups in total. The first-order valence-electron chi connectivity index (χ1n) is 27.4. The molecule has 7 aromatic carbocycles. The molecule has 0 aliphatic carbocycles. The number of rotatable bonds is 9. The molecule has 5 heteroatoms. The fourth-order valence-electron chi connectivity index (χ4n) is 8.40. The molecule has 0 atom stereocenters. The number of aromatic hydroxyl groups is 1. The fraction of sp³-hybridized carbons (Fsp3) is 0.186. The Morgan fingerprint density at radius 1 is 0.641 bits per heavy atom. The van der Waals surface area contributed by atoms with Gasteiger partial charge in [0.05, 0.1) is 22.3 Å². The molecule has 4 nitrogen and oxygen atoms in total. The zero-order valence-corrected chi connectivity index (χ0v) is 38.0. The first kappa shape index (κ1) is 30.7. The van der Waals surface area contributed by atoms with Gasteiger partial charge in [0.2, 0.25) is 0 Å². The number of benzene rings is 7. The minimum atomic E-state index is -3.40. The fourth-order valence-corrected chi connectivity index (χ4v) is 8.40. The Morgan fingerprint density at radius 3 is 2.06 bits per heavy atom. The van der Waals surface area contributed by atoms with Crippen LogP contribution in [0.1, 0.15) is 100 Å². The molecule has 9 aromatic rings. The Morgan fingerprint density at radius 2 is 1.33 bits per heavy atom. The van der Waals surface area contributed by atoms with Gasteiger partial charge in [-0.25, -0.2) is 4.98 Å². The van der Waals surface area contributed by atoms with E-state index in [4.69, 9.17) is 27.8 Å². The molecule has 0 saturated heterocycles. The Labute approximate surface area is 411 Å². The van der Waals surface area contributed by atoms with Gasteiger partial charge in [0.15, 0.2) is 0 Å². The third-order valence-corrected chi connectivity index (χ3v) is 11.6. The average molecular weight is 1030 g/mol. The Kier molecular flexibility index (Phi) is 8.64. The molecular weight excluding hydrogens is 962 g/mol. The smallest absolute Gasteiger partial charge is 0.148 e. The third kappa shape index (κ3) is 8.52. The summed E-state index contributed by atoms with van der Waals surface area (Å²) in [6.45, 7) is -5.06. The Balaban J connectivity index is 0.00000784. The molecule has 64 heavy (non-hydrogen) atoms. The molecule has 322 valence electrons. The molecule has 0 aliphatic heterocycles. The summed E-state index contributed by atoms with van der Waals surface area (Å²) in [4.78, 5) is 10.0. The van der Waals surface area contributed by atoms with Gasteiger partial charge in [0.25, 0.3) is 0 Å². The minimum absolute atomic E-state index is 0. The van der Waals surface area contributed by atoms with Crippen molar-refractivity contribution >= 4 is 11.0 Å². The molecule has 2 heterocycles. The van der Waals surface area contributed by atoms with Crippen molar-refractivity contribution in [3.8, 4) is 78.6 Å². The van der Waals surface area contributed by atoms with Gasteiger partial charge in [0, 0.05) is 50.8 Å². The Hall–Kier alpha value is -6.35. The second-order valence-electron chi connectivity index (χ2n) is 16.4. The van der Waals surface area contributed by atoms with Crippen molar-refractivity contribution in [2.45, 2.75) is 72.3 Å². The van der Waals surface area contributed by atoms with Crippen LogP contribution in [0.4, 0.5) is 0 Å². The van der Waals surface area contributed by atoms with Gasteiger partial charge < -0.3 is 5.11 Å². The van der Waals surface area contributed by atoms with Crippen LogP contribution in [0.25, 0.3) is 83.9 Å². The average Bonchev–Trinajstić information content (AvgIpc) is 3.75. The molecule has 0 bridgehead atoms. The second-order valence-corrected chi connectivity index (χ2v) is 16.4. The first-order chi connectivity index (χ1) is 35.6. The number of aromatic nitrogens is 3. The summed E-state index contributed by atoms with van der Waals surface area (Å²) in [6.07, 6.45) is 1.60. The van der Waals surface area contributed by atoms with E-state index in [0.29, 0.717) is 67.2 Å². The van der Waals surface area contributed by atoms with Gasteiger partial charge in [0.1, 0.15) is 11.6 Å². The van der Waals surface area contributed by atoms with E-state index >= 15 is 0 Å². The van der Waals surface area contributed by atoms with Crippen LogP contribution in [-0.4, -0.2) is 19.6 Å². The van der Waals surface area contributed by atoms with Gasteiger partial charge in [-0.1, -0.05) is 174 Å². The molecule has 0 aliphatic rings. The van der Waals surface area contributed by atoms with E-state index in [-0.39, 0.29) is 43.9 Å². The van der Waals surface area contributed by atoms with Crippen molar-refractivity contribution < 1.29 is 44.0 Å². The minimum Gasteiger partial charge on any atom is -0.507 e. The maximum Gasteiger partial charge on any atom is 0.148 e. The number of phenolic OH excluding ortho intramolecular Hbond substituents is 1. The summed E-state index contributed by atoms with van der Waals surface area (Å²) in [5.41, 5.74) is 6.70. The zero-order chi connectivity index (χ0) is 54.9. The van der Waals surface area contributed by atoms with Crippen LogP contribution in [0.5, 0.6) is 5.75 Å². The summed E-state index contributed by atoms with van der Waals surface area (Å²) in [5, 5.41) is 11.5. The number of pyridine rings is 1. The van der Waals surface area contributed by atoms with E-state index in [1.165, 1.54) is 24.3 Å². The van der Waals surface area contributed by atoms with Crippen LogP contribution < -0.4 is 0 Å². The summed E-state index contributed by atoms with van der Waals surface area (Å²) < 4.78 is 112. The number of hydrogen-bond donors (Lipinski definition) is 1. The number of aryl methyl sites for hydroxylation is 1. The quantitative estimate of drug-likeness (QED) is 0.147.